The number of nitrogens with zero attached hydrogens (tertiary/aromatic N) is 3. The largest absolute Gasteiger partial charge is 0.496 e. The molecule has 0 aliphatic heterocycles. The van der Waals surface area contributed by atoms with E-state index in [1.807, 2.05) is 12.3 Å². The van der Waals surface area contributed by atoms with E-state index in [0.29, 0.717) is 22.1 Å². The molecule has 0 atom stereocenters. The van der Waals surface area contributed by atoms with Crippen LogP contribution in [-0.2, 0) is 7.05 Å². The van der Waals surface area contributed by atoms with E-state index in [-0.39, 0.29) is 11.6 Å². The van der Waals surface area contributed by atoms with Crippen LogP contribution in [0.4, 0.5) is 9.52 Å². The first-order valence-corrected chi connectivity index (χ1v) is 7.97. The fraction of sp³-hybridized carbons (Fsp3) is 0.188. The number of nitrogens with one attached hydrogen (secondary N) is 1. The maximum absolute atomic E-state index is 13.6. The van der Waals surface area contributed by atoms with E-state index in [9.17, 15) is 9.18 Å². The number of ether oxygens (including phenoxy) is 1. The normalized spacial score (nSPS) is 10.7. The van der Waals surface area contributed by atoms with E-state index in [2.05, 4.69) is 15.4 Å². The van der Waals surface area contributed by atoms with Gasteiger partial charge in [-0.15, -0.1) is 11.3 Å². The second-order valence-corrected chi connectivity index (χ2v) is 5.99. The molecule has 6 nitrogen and oxygen atoms in total. The average molecular weight is 346 g/mol. The minimum absolute atomic E-state index is 0.215. The highest BCUT2D eigenvalue weighted by molar-refractivity contribution is 7.13. The van der Waals surface area contributed by atoms with Crippen LogP contribution in [0.2, 0.25) is 0 Å². The highest BCUT2D eigenvalue weighted by Gasteiger charge is 2.18. The third-order valence-corrected chi connectivity index (χ3v) is 4.26. The van der Waals surface area contributed by atoms with Crippen LogP contribution in [0.3, 0.4) is 0 Å². The van der Waals surface area contributed by atoms with Crippen molar-refractivity contribution in [2.75, 3.05) is 12.4 Å². The first-order chi connectivity index (χ1) is 11.5. The lowest BCUT2D eigenvalue weighted by Gasteiger charge is -2.08. The molecule has 2 heterocycles. The Hall–Kier alpha value is -2.74. The van der Waals surface area contributed by atoms with Crippen molar-refractivity contribution < 1.29 is 13.9 Å². The Labute approximate surface area is 141 Å². The molecule has 1 aromatic carbocycles. The van der Waals surface area contributed by atoms with E-state index in [4.69, 9.17) is 4.74 Å². The number of thiazole rings is 1. The lowest BCUT2D eigenvalue weighted by Crippen LogP contribution is -2.12. The number of aryl methyl sites for hydroxylation is 2. The van der Waals surface area contributed by atoms with Crippen molar-refractivity contribution in [1.82, 2.24) is 14.8 Å². The van der Waals surface area contributed by atoms with Gasteiger partial charge in [-0.25, -0.2) is 9.37 Å². The summed E-state index contributed by atoms with van der Waals surface area (Å²) in [5.74, 6) is -0.264. The topological polar surface area (TPSA) is 69.0 Å². The molecule has 3 rings (SSSR count). The van der Waals surface area contributed by atoms with Crippen LogP contribution in [-0.4, -0.2) is 27.8 Å². The number of halogens is 1. The monoisotopic (exact) mass is 346 g/mol. The van der Waals surface area contributed by atoms with E-state index in [1.54, 1.807) is 13.1 Å². The number of carbonyl (C=O) groups excluding carboxylic acids is 1. The summed E-state index contributed by atoms with van der Waals surface area (Å²) in [5, 5.41) is 9.25. The molecule has 0 bridgehead atoms. The van der Waals surface area contributed by atoms with Crippen molar-refractivity contribution in [3.8, 4) is 17.0 Å². The fourth-order valence-corrected chi connectivity index (χ4v) is 2.97. The van der Waals surface area contributed by atoms with Gasteiger partial charge in [0, 0.05) is 18.0 Å². The highest BCUT2D eigenvalue weighted by atomic mass is 32.1. The Morgan fingerprint density at radius 3 is 2.83 bits per heavy atom. The summed E-state index contributed by atoms with van der Waals surface area (Å²) in [5.41, 5.74) is 2.15. The van der Waals surface area contributed by atoms with Crippen LogP contribution in [0.25, 0.3) is 11.3 Å². The van der Waals surface area contributed by atoms with Crippen LogP contribution in [0.5, 0.6) is 5.75 Å². The summed E-state index contributed by atoms with van der Waals surface area (Å²) in [4.78, 5) is 16.5. The van der Waals surface area contributed by atoms with Gasteiger partial charge in [0.1, 0.15) is 11.6 Å². The molecule has 24 heavy (non-hydrogen) atoms. The third-order valence-electron chi connectivity index (χ3n) is 3.39. The molecule has 3 aromatic rings. The molecule has 0 aliphatic rings. The highest BCUT2D eigenvalue weighted by Crippen LogP contribution is 2.31. The predicted octanol–water partition coefficient (Wildman–Crippen LogP) is 3.25. The van der Waals surface area contributed by atoms with E-state index >= 15 is 0 Å². The molecule has 0 saturated carbocycles. The molecule has 0 aliphatic carbocycles. The zero-order chi connectivity index (χ0) is 17.3. The van der Waals surface area contributed by atoms with Crippen LogP contribution in [0, 0.1) is 12.7 Å². The van der Waals surface area contributed by atoms with Gasteiger partial charge in [-0.2, -0.15) is 5.10 Å². The quantitative estimate of drug-likeness (QED) is 0.787. The van der Waals surface area contributed by atoms with Crippen molar-refractivity contribution in [2.45, 2.75) is 6.92 Å². The average Bonchev–Trinajstić information content (AvgIpc) is 3.13. The van der Waals surface area contributed by atoms with Gasteiger partial charge in [0.05, 0.1) is 18.5 Å². The Morgan fingerprint density at radius 1 is 1.38 bits per heavy atom. The second-order valence-electron chi connectivity index (χ2n) is 5.13. The van der Waals surface area contributed by atoms with Crippen molar-refractivity contribution >= 4 is 22.4 Å². The number of carbonyl (C=O) groups is 1. The van der Waals surface area contributed by atoms with Crippen LogP contribution in [0.1, 0.15) is 16.2 Å². The summed E-state index contributed by atoms with van der Waals surface area (Å²) in [6, 6.07) is 5.79. The lowest BCUT2D eigenvalue weighted by molar-refractivity contribution is 0.102. The van der Waals surface area contributed by atoms with Gasteiger partial charge in [-0.1, -0.05) is 0 Å². The van der Waals surface area contributed by atoms with Crippen molar-refractivity contribution in [1.29, 1.82) is 0 Å². The standard InChI is InChI=1S/C16H15FN4O2S/c1-9-8-24-16(18-9)19-15(22)12-7-13(21(2)20-12)11-6-10(17)4-5-14(11)23-3/h4-8H,1-3H3,(H,18,19,22). The summed E-state index contributed by atoms with van der Waals surface area (Å²) < 4.78 is 20.4. The minimum Gasteiger partial charge on any atom is -0.496 e. The summed E-state index contributed by atoms with van der Waals surface area (Å²) in [6.07, 6.45) is 0. The zero-order valence-electron chi connectivity index (χ0n) is 13.3. The molecule has 0 unspecified atom stereocenters. The molecule has 2 aromatic heterocycles. The van der Waals surface area contributed by atoms with Gasteiger partial charge in [0.15, 0.2) is 10.8 Å². The van der Waals surface area contributed by atoms with Crippen molar-refractivity contribution in [3.05, 3.63) is 46.9 Å². The molecule has 0 radical (unpaired) electrons. The fourth-order valence-electron chi connectivity index (χ4n) is 2.28. The molecular weight excluding hydrogens is 331 g/mol. The van der Waals surface area contributed by atoms with Crippen LogP contribution >= 0.6 is 11.3 Å². The Balaban J connectivity index is 1.93. The third kappa shape index (κ3) is 3.13. The summed E-state index contributed by atoms with van der Waals surface area (Å²) >= 11 is 1.34. The maximum atomic E-state index is 13.6. The number of hydrogen-bond donors (Lipinski definition) is 1. The van der Waals surface area contributed by atoms with Gasteiger partial charge in [0.25, 0.3) is 5.91 Å². The molecule has 8 heteroatoms. The molecule has 1 amide bonds. The second kappa shape index (κ2) is 6.40. The summed E-state index contributed by atoms with van der Waals surface area (Å²) in [7, 11) is 3.19. The van der Waals surface area contributed by atoms with Crippen molar-refractivity contribution in [3.63, 3.8) is 0 Å². The SMILES string of the molecule is COc1ccc(F)cc1-c1cc(C(=O)Nc2nc(C)cs2)nn1C. The number of amides is 1. The maximum Gasteiger partial charge on any atom is 0.277 e. The molecule has 0 saturated heterocycles. The van der Waals surface area contributed by atoms with Crippen LogP contribution in [0.15, 0.2) is 29.6 Å². The van der Waals surface area contributed by atoms with Gasteiger partial charge in [0.2, 0.25) is 0 Å². The molecule has 0 fully saturated rings. The first kappa shape index (κ1) is 16.1. The number of aromatic nitrogens is 3. The molecule has 0 spiro atoms. The number of methoxy groups -OCH3 is 1. The minimum atomic E-state index is -0.392. The van der Waals surface area contributed by atoms with E-state index in [0.717, 1.165) is 5.69 Å². The van der Waals surface area contributed by atoms with Crippen LogP contribution < -0.4 is 10.1 Å². The van der Waals surface area contributed by atoms with Gasteiger partial charge < -0.3 is 4.74 Å². The summed E-state index contributed by atoms with van der Waals surface area (Å²) in [6.45, 7) is 1.85. The molecule has 124 valence electrons. The number of rotatable bonds is 4. The Kier molecular flexibility index (Phi) is 4.30. The number of hydrogen-bond acceptors (Lipinski definition) is 5. The molecule has 1 N–H and O–H groups in total. The predicted molar refractivity (Wildman–Crippen MR) is 90.0 cm³/mol. The Morgan fingerprint density at radius 2 is 2.17 bits per heavy atom. The number of benzene rings is 1. The van der Waals surface area contributed by atoms with E-state index in [1.165, 1.54) is 41.3 Å². The molecular formula is C16H15FN4O2S. The van der Waals surface area contributed by atoms with Gasteiger partial charge in [-0.05, 0) is 31.2 Å². The Bertz CT molecular complexity index is 903. The smallest absolute Gasteiger partial charge is 0.277 e. The zero-order valence-corrected chi connectivity index (χ0v) is 14.1. The van der Waals surface area contributed by atoms with E-state index < -0.39 is 5.82 Å². The lowest BCUT2D eigenvalue weighted by atomic mass is 10.1. The van der Waals surface area contributed by atoms with Gasteiger partial charge >= 0.3 is 0 Å². The van der Waals surface area contributed by atoms with Gasteiger partial charge in [-0.3, -0.25) is 14.8 Å². The van der Waals surface area contributed by atoms with Crippen molar-refractivity contribution in [2.24, 2.45) is 7.05 Å². The number of anilines is 1. The first-order valence-electron chi connectivity index (χ1n) is 7.09.